The van der Waals surface area contributed by atoms with Crippen LogP contribution in [0.5, 0.6) is 0 Å². The van der Waals surface area contributed by atoms with Crippen molar-refractivity contribution in [3.05, 3.63) is 35.4 Å². The number of sulfone groups is 1. The lowest BCUT2D eigenvalue weighted by Crippen LogP contribution is -2.52. The third-order valence-corrected chi connectivity index (χ3v) is 8.28. The van der Waals surface area contributed by atoms with Gasteiger partial charge in [-0.25, -0.2) is 8.42 Å². The van der Waals surface area contributed by atoms with Gasteiger partial charge in [0.15, 0.2) is 9.84 Å². The molecule has 158 valence electrons. The molecule has 1 N–H and O–H groups in total. The zero-order chi connectivity index (χ0) is 20.4. The summed E-state index contributed by atoms with van der Waals surface area (Å²) in [4.78, 5) is 4.41. The van der Waals surface area contributed by atoms with Crippen LogP contribution in [-0.4, -0.2) is 80.7 Å². The van der Waals surface area contributed by atoms with Crippen LogP contribution in [0, 0.1) is 6.92 Å². The molecule has 2 atom stereocenters. The lowest BCUT2D eigenvalue weighted by Gasteiger charge is -2.44. The van der Waals surface area contributed by atoms with Crippen LogP contribution in [0.25, 0.3) is 0 Å². The fraction of sp³-hybridized carbons (Fsp3) is 0.727. The van der Waals surface area contributed by atoms with E-state index in [1.165, 1.54) is 30.4 Å². The fourth-order valence-corrected chi connectivity index (χ4v) is 6.74. The van der Waals surface area contributed by atoms with Crippen molar-refractivity contribution in [2.24, 2.45) is 0 Å². The number of hydrogen-bond donors (Lipinski definition) is 1. The smallest absolute Gasteiger partial charge is 0.154 e. The Bertz CT molecular complexity index is 740. The van der Waals surface area contributed by atoms with Crippen LogP contribution in [0.3, 0.4) is 0 Å². The molecular formula is C22H36N2O3S. The largest absolute Gasteiger partial charge is 0.390 e. The van der Waals surface area contributed by atoms with Crippen molar-refractivity contribution in [3.8, 4) is 0 Å². The van der Waals surface area contributed by atoms with Gasteiger partial charge in [0.25, 0.3) is 0 Å². The van der Waals surface area contributed by atoms with Gasteiger partial charge in [-0.15, -0.1) is 0 Å². The molecule has 1 aromatic carbocycles. The number of aliphatic hydroxyl groups excluding tert-OH is 1. The molecule has 0 radical (unpaired) electrons. The number of likely N-dealkylation sites (N-methyl/N-ethyl adjacent to an activating group) is 1. The van der Waals surface area contributed by atoms with Crippen LogP contribution in [0.1, 0.15) is 43.2 Å². The molecule has 1 aromatic rings. The van der Waals surface area contributed by atoms with E-state index in [9.17, 15) is 13.5 Å². The third-order valence-electron chi connectivity index (χ3n) is 6.58. The van der Waals surface area contributed by atoms with Gasteiger partial charge in [-0.05, 0) is 39.4 Å². The molecule has 0 aromatic heterocycles. The minimum Gasteiger partial charge on any atom is -0.390 e. The maximum Gasteiger partial charge on any atom is 0.154 e. The maximum atomic E-state index is 12.2. The van der Waals surface area contributed by atoms with Crippen molar-refractivity contribution in [1.29, 1.82) is 0 Å². The minimum atomic E-state index is -3.16. The second-order valence-corrected chi connectivity index (χ2v) is 11.3. The lowest BCUT2D eigenvalue weighted by atomic mass is 9.68. The van der Waals surface area contributed by atoms with Gasteiger partial charge < -0.3 is 10.0 Å². The first-order valence-corrected chi connectivity index (χ1v) is 12.4. The van der Waals surface area contributed by atoms with Gasteiger partial charge in [-0.1, -0.05) is 49.1 Å². The molecule has 3 rings (SSSR count). The Kier molecular flexibility index (Phi) is 6.85. The highest BCUT2D eigenvalue weighted by Gasteiger charge is 2.43. The Hall–Kier alpha value is -0.950. The van der Waals surface area contributed by atoms with E-state index in [-0.39, 0.29) is 23.0 Å². The summed E-state index contributed by atoms with van der Waals surface area (Å²) in [6, 6.07) is 8.59. The fourth-order valence-electron chi connectivity index (χ4n) is 4.91. The quantitative estimate of drug-likeness (QED) is 0.750. The molecular weight excluding hydrogens is 372 g/mol. The second kappa shape index (κ2) is 8.82. The number of aliphatic hydroxyl groups is 1. The number of rotatable bonds is 7. The van der Waals surface area contributed by atoms with Crippen LogP contribution in [0.4, 0.5) is 0 Å². The standard InChI is InChI=1S/C22H36N2O3S/c1-18-7-9-19(10-8-18)22(11-5-4-6-12-22)17-24(14-13-23(2)3)20-15-28(26,27)16-21(20)25/h7-10,20-21,25H,4-6,11-17H2,1-3H3/t20-,21-/m0/s1. The molecule has 6 heteroatoms. The Morgan fingerprint density at radius 3 is 2.21 bits per heavy atom. The molecule has 2 fully saturated rings. The van der Waals surface area contributed by atoms with Gasteiger partial charge in [0.1, 0.15) is 0 Å². The lowest BCUT2D eigenvalue weighted by molar-refractivity contribution is 0.0541. The van der Waals surface area contributed by atoms with Crippen molar-refractivity contribution < 1.29 is 13.5 Å². The van der Waals surface area contributed by atoms with Gasteiger partial charge in [0.2, 0.25) is 0 Å². The first-order valence-electron chi connectivity index (χ1n) is 10.6. The van der Waals surface area contributed by atoms with Crippen molar-refractivity contribution in [1.82, 2.24) is 9.80 Å². The van der Waals surface area contributed by atoms with Gasteiger partial charge in [-0.3, -0.25) is 4.90 Å². The summed E-state index contributed by atoms with van der Waals surface area (Å²) in [5, 5.41) is 10.5. The number of benzene rings is 1. The monoisotopic (exact) mass is 408 g/mol. The molecule has 1 heterocycles. The predicted molar refractivity (Wildman–Crippen MR) is 115 cm³/mol. The van der Waals surface area contributed by atoms with Crippen molar-refractivity contribution in [3.63, 3.8) is 0 Å². The van der Waals surface area contributed by atoms with E-state index >= 15 is 0 Å². The van der Waals surface area contributed by atoms with Crippen LogP contribution in [0.15, 0.2) is 24.3 Å². The summed E-state index contributed by atoms with van der Waals surface area (Å²) in [6.45, 7) is 4.56. The Morgan fingerprint density at radius 1 is 1.04 bits per heavy atom. The molecule has 2 aliphatic rings. The molecule has 28 heavy (non-hydrogen) atoms. The molecule has 1 aliphatic heterocycles. The van der Waals surface area contributed by atoms with Crippen molar-refractivity contribution in [2.75, 3.05) is 45.2 Å². The molecule has 1 saturated heterocycles. The second-order valence-electron chi connectivity index (χ2n) is 9.19. The van der Waals surface area contributed by atoms with Gasteiger partial charge >= 0.3 is 0 Å². The zero-order valence-corrected chi connectivity index (χ0v) is 18.4. The van der Waals surface area contributed by atoms with Crippen molar-refractivity contribution in [2.45, 2.75) is 56.6 Å². The zero-order valence-electron chi connectivity index (χ0n) is 17.6. The highest BCUT2D eigenvalue weighted by atomic mass is 32.2. The third kappa shape index (κ3) is 5.15. The summed E-state index contributed by atoms with van der Waals surface area (Å²) in [5.41, 5.74) is 2.67. The van der Waals surface area contributed by atoms with E-state index in [2.05, 4.69) is 41.0 Å². The van der Waals surface area contributed by atoms with Gasteiger partial charge in [-0.2, -0.15) is 0 Å². The van der Waals surface area contributed by atoms with E-state index in [4.69, 9.17) is 0 Å². The van der Waals surface area contributed by atoms with Crippen LogP contribution in [-0.2, 0) is 15.3 Å². The summed E-state index contributed by atoms with van der Waals surface area (Å²) < 4.78 is 24.4. The van der Waals surface area contributed by atoms with E-state index in [0.29, 0.717) is 0 Å². The Morgan fingerprint density at radius 2 is 1.68 bits per heavy atom. The molecule has 0 bridgehead atoms. The van der Waals surface area contributed by atoms with E-state index < -0.39 is 15.9 Å². The van der Waals surface area contributed by atoms with Crippen LogP contribution < -0.4 is 0 Å². The van der Waals surface area contributed by atoms with Crippen molar-refractivity contribution >= 4 is 9.84 Å². The molecule has 0 spiro atoms. The van der Waals surface area contributed by atoms with Crippen LogP contribution in [0.2, 0.25) is 0 Å². The normalized spacial score (nSPS) is 26.8. The Labute approximate surface area is 170 Å². The molecule has 1 aliphatic carbocycles. The topological polar surface area (TPSA) is 60.9 Å². The highest BCUT2D eigenvalue weighted by molar-refractivity contribution is 7.91. The SMILES string of the molecule is Cc1ccc(C2(CN(CCN(C)C)[C@H]3CS(=O)(=O)C[C@@H]3O)CCCCC2)cc1. The van der Waals surface area contributed by atoms with E-state index in [1.54, 1.807) is 0 Å². The number of hydrogen-bond acceptors (Lipinski definition) is 5. The molecule has 0 amide bonds. The molecule has 0 unspecified atom stereocenters. The van der Waals surface area contributed by atoms with E-state index in [0.717, 1.165) is 32.5 Å². The first kappa shape index (κ1) is 21.8. The average molecular weight is 409 g/mol. The summed E-state index contributed by atoms with van der Waals surface area (Å²) in [6.07, 6.45) is 5.16. The first-order chi connectivity index (χ1) is 13.2. The Balaban J connectivity index is 1.90. The minimum absolute atomic E-state index is 0.0460. The number of aryl methyl sites for hydroxylation is 1. The maximum absolute atomic E-state index is 12.2. The number of nitrogens with zero attached hydrogens (tertiary/aromatic N) is 2. The van der Waals surface area contributed by atoms with Gasteiger partial charge in [0, 0.05) is 25.0 Å². The predicted octanol–water partition coefficient (Wildman–Crippen LogP) is 2.22. The summed E-state index contributed by atoms with van der Waals surface area (Å²) in [7, 11) is 0.912. The average Bonchev–Trinajstić information content (AvgIpc) is 2.92. The summed E-state index contributed by atoms with van der Waals surface area (Å²) in [5.74, 6) is -0.0285. The summed E-state index contributed by atoms with van der Waals surface area (Å²) >= 11 is 0. The van der Waals surface area contributed by atoms with Gasteiger partial charge in [0.05, 0.1) is 23.7 Å². The van der Waals surface area contributed by atoms with Crippen LogP contribution >= 0.6 is 0 Å². The molecule has 5 nitrogen and oxygen atoms in total. The molecule has 1 saturated carbocycles. The van der Waals surface area contributed by atoms with E-state index in [1.807, 2.05) is 14.1 Å². The highest BCUT2D eigenvalue weighted by Crippen LogP contribution is 2.41.